The van der Waals surface area contributed by atoms with E-state index in [0.29, 0.717) is 6.04 Å². The molecule has 1 N–H and O–H groups in total. The van der Waals surface area contributed by atoms with E-state index in [2.05, 4.69) is 29.6 Å². The SMILES string of the molecule is COc1ccc2ccc(OC)c(C3CCCN3)c2c1. The summed E-state index contributed by atoms with van der Waals surface area (Å²) in [5.41, 5.74) is 1.26. The van der Waals surface area contributed by atoms with Gasteiger partial charge in [0.05, 0.1) is 14.2 Å². The van der Waals surface area contributed by atoms with Gasteiger partial charge >= 0.3 is 0 Å². The molecule has 0 aromatic heterocycles. The van der Waals surface area contributed by atoms with E-state index in [4.69, 9.17) is 9.47 Å². The second-order valence-electron chi connectivity index (χ2n) is 4.92. The molecule has 3 nitrogen and oxygen atoms in total. The second-order valence-corrected chi connectivity index (χ2v) is 4.92. The fourth-order valence-corrected chi connectivity index (χ4v) is 2.90. The highest BCUT2D eigenvalue weighted by Gasteiger charge is 2.22. The quantitative estimate of drug-likeness (QED) is 0.915. The Morgan fingerprint density at radius 1 is 1.11 bits per heavy atom. The van der Waals surface area contributed by atoms with Crippen LogP contribution in [0.3, 0.4) is 0 Å². The van der Waals surface area contributed by atoms with Crippen molar-refractivity contribution in [1.29, 1.82) is 0 Å². The highest BCUT2D eigenvalue weighted by molar-refractivity contribution is 5.89. The lowest BCUT2D eigenvalue weighted by Crippen LogP contribution is -2.14. The molecular weight excluding hydrogens is 238 g/mol. The summed E-state index contributed by atoms with van der Waals surface area (Å²) in [5, 5.41) is 6.00. The largest absolute Gasteiger partial charge is 0.497 e. The van der Waals surface area contributed by atoms with Crippen molar-refractivity contribution >= 4 is 10.8 Å². The van der Waals surface area contributed by atoms with Gasteiger partial charge in [-0.2, -0.15) is 0 Å². The van der Waals surface area contributed by atoms with Gasteiger partial charge < -0.3 is 14.8 Å². The van der Waals surface area contributed by atoms with Gasteiger partial charge in [-0.25, -0.2) is 0 Å². The molecule has 1 aliphatic rings. The van der Waals surface area contributed by atoms with Crippen molar-refractivity contribution in [3.63, 3.8) is 0 Å². The average Bonchev–Trinajstić information content (AvgIpc) is 2.99. The zero-order valence-electron chi connectivity index (χ0n) is 11.4. The zero-order valence-corrected chi connectivity index (χ0v) is 11.4. The van der Waals surface area contributed by atoms with Gasteiger partial charge in [0.15, 0.2) is 0 Å². The van der Waals surface area contributed by atoms with Crippen LogP contribution >= 0.6 is 0 Å². The van der Waals surface area contributed by atoms with Gasteiger partial charge in [0.2, 0.25) is 0 Å². The molecule has 3 rings (SSSR count). The first-order chi connectivity index (χ1) is 9.33. The Balaban J connectivity index is 2.23. The van der Waals surface area contributed by atoms with Gasteiger partial charge in [-0.1, -0.05) is 12.1 Å². The van der Waals surface area contributed by atoms with Gasteiger partial charge in [0, 0.05) is 11.6 Å². The highest BCUT2D eigenvalue weighted by Crippen LogP contribution is 2.38. The summed E-state index contributed by atoms with van der Waals surface area (Å²) in [6, 6.07) is 10.8. The molecule has 0 aliphatic carbocycles. The van der Waals surface area contributed by atoms with E-state index in [0.717, 1.165) is 24.5 Å². The topological polar surface area (TPSA) is 30.5 Å². The fourth-order valence-electron chi connectivity index (χ4n) is 2.90. The molecule has 1 atom stereocenters. The second kappa shape index (κ2) is 5.10. The molecule has 0 amide bonds. The average molecular weight is 257 g/mol. The number of ether oxygens (including phenoxy) is 2. The molecule has 1 saturated heterocycles. The normalized spacial score (nSPS) is 18.7. The molecule has 1 fully saturated rings. The summed E-state index contributed by atoms with van der Waals surface area (Å²) in [6.45, 7) is 1.08. The Hall–Kier alpha value is -1.74. The maximum absolute atomic E-state index is 5.56. The number of methoxy groups -OCH3 is 2. The molecule has 1 aliphatic heterocycles. The standard InChI is InChI=1S/C16H19NO2/c1-18-12-7-5-11-6-8-15(19-2)16(13(11)10-12)14-4-3-9-17-14/h5-8,10,14,17H,3-4,9H2,1-2H3. The Bertz CT molecular complexity index is 583. The number of hydrogen-bond donors (Lipinski definition) is 1. The number of nitrogens with one attached hydrogen (secondary N) is 1. The molecule has 0 radical (unpaired) electrons. The van der Waals surface area contributed by atoms with Crippen LogP contribution in [-0.2, 0) is 0 Å². The monoisotopic (exact) mass is 257 g/mol. The van der Waals surface area contributed by atoms with Gasteiger partial charge in [-0.3, -0.25) is 0 Å². The first-order valence-electron chi connectivity index (χ1n) is 6.71. The lowest BCUT2D eigenvalue weighted by molar-refractivity contribution is 0.404. The lowest BCUT2D eigenvalue weighted by atomic mass is 9.96. The van der Waals surface area contributed by atoms with E-state index >= 15 is 0 Å². The predicted molar refractivity (Wildman–Crippen MR) is 77.0 cm³/mol. The van der Waals surface area contributed by atoms with E-state index in [1.54, 1.807) is 14.2 Å². The smallest absolute Gasteiger partial charge is 0.124 e. The minimum atomic E-state index is 0.380. The summed E-state index contributed by atoms with van der Waals surface area (Å²) < 4.78 is 10.9. The highest BCUT2D eigenvalue weighted by atomic mass is 16.5. The van der Waals surface area contributed by atoms with E-state index < -0.39 is 0 Å². The molecule has 2 aromatic rings. The Labute approximate surface area is 113 Å². The zero-order chi connectivity index (χ0) is 13.2. The van der Waals surface area contributed by atoms with E-state index in [1.807, 2.05) is 6.07 Å². The van der Waals surface area contributed by atoms with Crippen LogP contribution in [0.25, 0.3) is 10.8 Å². The number of rotatable bonds is 3. The summed E-state index contributed by atoms with van der Waals surface area (Å²) in [5.74, 6) is 1.85. The third-order valence-electron chi connectivity index (χ3n) is 3.86. The van der Waals surface area contributed by atoms with Crippen molar-refractivity contribution in [1.82, 2.24) is 5.32 Å². The molecule has 0 saturated carbocycles. The molecule has 2 aromatic carbocycles. The van der Waals surface area contributed by atoms with Gasteiger partial charge in [0.1, 0.15) is 11.5 Å². The molecular formula is C16H19NO2. The van der Waals surface area contributed by atoms with Crippen LogP contribution in [0.2, 0.25) is 0 Å². The minimum Gasteiger partial charge on any atom is -0.497 e. The molecule has 19 heavy (non-hydrogen) atoms. The first-order valence-corrected chi connectivity index (χ1v) is 6.71. The maximum Gasteiger partial charge on any atom is 0.124 e. The Kier molecular flexibility index (Phi) is 3.30. The summed E-state index contributed by atoms with van der Waals surface area (Å²) in [6.07, 6.45) is 2.38. The predicted octanol–water partition coefficient (Wildman–Crippen LogP) is 3.28. The third kappa shape index (κ3) is 2.15. The van der Waals surface area contributed by atoms with Crippen LogP contribution in [0.15, 0.2) is 30.3 Å². The summed E-state index contributed by atoms with van der Waals surface area (Å²) in [4.78, 5) is 0. The fraction of sp³-hybridized carbons (Fsp3) is 0.375. The number of fused-ring (bicyclic) bond motifs is 1. The van der Waals surface area contributed by atoms with Crippen LogP contribution < -0.4 is 14.8 Å². The minimum absolute atomic E-state index is 0.380. The summed E-state index contributed by atoms with van der Waals surface area (Å²) in [7, 11) is 3.44. The number of hydrogen-bond acceptors (Lipinski definition) is 3. The van der Waals surface area contributed by atoms with Gasteiger partial charge in [-0.05, 0) is 48.4 Å². The van der Waals surface area contributed by atoms with Crippen LogP contribution in [0.4, 0.5) is 0 Å². The molecule has 100 valence electrons. The molecule has 1 unspecified atom stereocenters. The van der Waals surface area contributed by atoms with Crippen molar-refractivity contribution in [2.24, 2.45) is 0 Å². The van der Waals surface area contributed by atoms with E-state index in [9.17, 15) is 0 Å². The van der Waals surface area contributed by atoms with E-state index in [-0.39, 0.29) is 0 Å². The molecule has 3 heteroatoms. The van der Waals surface area contributed by atoms with Crippen LogP contribution in [0.5, 0.6) is 11.5 Å². The molecule has 0 bridgehead atoms. The van der Waals surface area contributed by atoms with Gasteiger partial charge in [-0.15, -0.1) is 0 Å². The van der Waals surface area contributed by atoms with Crippen molar-refractivity contribution in [2.45, 2.75) is 18.9 Å². The maximum atomic E-state index is 5.56. The van der Waals surface area contributed by atoms with Crippen LogP contribution in [0, 0.1) is 0 Å². The van der Waals surface area contributed by atoms with Crippen LogP contribution in [-0.4, -0.2) is 20.8 Å². The van der Waals surface area contributed by atoms with Gasteiger partial charge in [0.25, 0.3) is 0 Å². The first kappa shape index (κ1) is 12.3. The number of benzene rings is 2. The lowest BCUT2D eigenvalue weighted by Gasteiger charge is -2.18. The van der Waals surface area contributed by atoms with E-state index in [1.165, 1.54) is 22.8 Å². The summed E-state index contributed by atoms with van der Waals surface area (Å²) >= 11 is 0. The van der Waals surface area contributed by atoms with Crippen molar-refractivity contribution in [2.75, 3.05) is 20.8 Å². The molecule has 0 spiro atoms. The van der Waals surface area contributed by atoms with Crippen LogP contribution in [0.1, 0.15) is 24.4 Å². The van der Waals surface area contributed by atoms with Crippen molar-refractivity contribution in [3.05, 3.63) is 35.9 Å². The molecule has 1 heterocycles. The third-order valence-corrected chi connectivity index (χ3v) is 3.86. The Morgan fingerprint density at radius 2 is 1.95 bits per heavy atom. The van der Waals surface area contributed by atoms with Crippen molar-refractivity contribution in [3.8, 4) is 11.5 Å². The van der Waals surface area contributed by atoms with Crippen molar-refractivity contribution < 1.29 is 9.47 Å². The Morgan fingerprint density at radius 3 is 2.63 bits per heavy atom.